The van der Waals surface area contributed by atoms with E-state index in [-0.39, 0.29) is 11.5 Å². The molecule has 0 aromatic heterocycles. The Labute approximate surface area is 126 Å². The van der Waals surface area contributed by atoms with E-state index in [4.69, 9.17) is 10.5 Å². The number of hydrogen-bond donors (Lipinski definition) is 1. The van der Waals surface area contributed by atoms with Crippen LogP contribution in [0.5, 0.6) is 0 Å². The predicted octanol–water partition coefficient (Wildman–Crippen LogP) is 2.32. The van der Waals surface area contributed by atoms with Gasteiger partial charge in [0.05, 0.1) is 11.7 Å². The number of benzene rings is 1. The van der Waals surface area contributed by atoms with Crippen molar-refractivity contribution in [2.75, 3.05) is 6.54 Å². The van der Waals surface area contributed by atoms with Gasteiger partial charge in [-0.15, -0.1) is 0 Å². The highest BCUT2D eigenvalue weighted by Gasteiger charge is 2.42. The average Bonchev–Trinajstić information content (AvgIpc) is 2.85. The summed E-state index contributed by atoms with van der Waals surface area (Å²) in [5.74, 6) is -0.363. The third-order valence-corrected chi connectivity index (χ3v) is 4.54. The lowest BCUT2D eigenvalue weighted by atomic mass is 9.99. The van der Waals surface area contributed by atoms with E-state index in [0.717, 1.165) is 25.1 Å². The van der Waals surface area contributed by atoms with Gasteiger partial charge < -0.3 is 10.5 Å². The third-order valence-electron chi connectivity index (χ3n) is 4.54. The number of carbonyl (C=O) groups is 1. The monoisotopic (exact) mass is 288 g/mol. The first-order valence-corrected chi connectivity index (χ1v) is 7.75. The Morgan fingerprint density at radius 1 is 1.43 bits per heavy atom. The minimum Gasteiger partial charge on any atom is -0.369 e. The molecular formula is C17H24N2O2. The Kier molecular flexibility index (Phi) is 3.76. The highest BCUT2D eigenvalue weighted by molar-refractivity contribution is 5.92. The molecule has 114 valence electrons. The summed E-state index contributed by atoms with van der Waals surface area (Å²) >= 11 is 0. The van der Waals surface area contributed by atoms with Gasteiger partial charge in [0.25, 0.3) is 0 Å². The molecule has 1 saturated carbocycles. The number of nitrogens with two attached hydrogens (primary N) is 1. The van der Waals surface area contributed by atoms with Crippen molar-refractivity contribution in [1.82, 2.24) is 4.90 Å². The van der Waals surface area contributed by atoms with E-state index in [0.29, 0.717) is 17.7 Å². The molecule has 3 rings (SSSR count). The first-order valence-electron chi connectivity index (χ1n) is 7.75. The Morgan fingerprint density at radius 3 is 3.00 bits per heavy atom. The topological polar surface area (TPSA) is 55.6 Å². The van der Waals surface area contributed by atoms with E-state index in [1.165, 1.54) is 12.8 Å². The number of amides is 1. The largest absolute Gasteiger partial charge is 0.369 e. The molecule has 1 aliphatic heterocycles. The minimum absolute atomic E-state index is 0.104. The van der Waals surface area contributed by atoms with E-state index >= 15 is 0 Å². The number of morpholine rings is 1. The van der Waals surface area contributed by atoms with Crippen molar-refractivity contribution in [1.29, 1.82) is 0 Å². The number of primary amides is 1. The van der Waals surface area contributed by atoms with Crippen LogP contribution in [0.2, 0.25) is 0 Å². The molecule has 4 heteroatoms. The smallest absolute Gasteiger partial charge is 0.248 e. The van der Waals surface area contributed by atoms with Crippen molar-refractivity contribution < 1.29 is 9.53 Å². The lowest BCUT2D eigenvalue weighted by Crippen LogP contribution is -2.56. The van der Waals surface area contributed by atoms with Gasteiger partial charge in [-0.25, -0.2) is 0 Å². The van der Waals surface area contributed by atoms with Crippen LogP contribution in [-0.4, -0.2) is 35.1 Å². The van der Waals surface area contributed by atoms with Crippen molar-refractivity contribution in [3.8, 4) is 0 Å². The van der Waals surface area contributed by atoms with Gasteiger partial charge in [-0.3, -0.25) is 9.69 Å². The number of nitrogens with zero attached hydrogens (tertiary/aromatic N) is 1. The second-order valence-corrected chi connectivity index (χ2v) is 6.88. The zero-order chi connectivity index (χ0) is 15.0. The van der Waals surface area contributed by atoms with Crippen molar-refractivity contribution in [2.24, 2.45) is 5.73 Å². The van der Waals surface area contributed by atoms with Crippen molar-refractivity contribution in [3.05, 3.63) is 35.4 Å². The van der Waals surface area contributed by atoms with E-state index in [1.54, 1.807) is 6.07 Å². The predicted molar refractivity (Wildman–Crippen MR) is 82.0 cm³/mol. The van der Waals surface area contributed by atoms with Crippen LogP contribution in [0.25, 0.3) is 0 Å². The lowest BCUT2D eigenvalue weighted by molar-refractivity contribution is -0.156. The first kappa shape index (κ1) is 14.5. The van der Waals surface area contributed by atoms with Gasteiger partial charge in [0.2, 0.25) is 5.91 Å². The van der Waals surface area contributed by atoms with Crippen LogP contribution in [0.4, 0.5) is 0 Å². The molecule has 1 heterocycles. The second kappa shape index (κ2) is 5.43. The molecule has 2 aliphatic rings. The molecule has 1 saturated heterocycles. The number of hydrogen-bond acceptors (Lipinski definition) is 3. The van der Waals surface area contributed by atoms with Gasteiger partial charge in [0.1, 0.15) is 0 Å². The number of rotatable bonds is 3. The highest BCUT2D eigenvalue weighted by atomic mass is 16.5. The quantitative estimate of drug-likeness (QED) is 0.928. The van der Waals surface area contributed by atoms with E-state index < -0.39 is 0 Å². The Morgan fingerprint density at radius 2 is 2.24 bits per heavy atom. The molecule has 0 spiro atoms. The Hall–Kier alpha value is -1.39. The van der Waals surface area contributed by atoms with E-state index in [1.807, 2.05) is 12.1 Å². The maximum atomic E-state index is 11.3. The lowest BCUT2D eigenvalue weighted by Gasteiger charge is -2.46. The fourth-order valence-corrected chi connectivity index (χ4v) is 3.75. The van der Waals surface area contributed by atoms with Crippen molar-refractivity contribution in [3.63, 3.8) is 0 Å². The molecule has 1 amide bonds. The number of fused-ring (bicyclic) bond motifs is 1. The van der Waals surface area contributed by atoms with Gasteiger partial charge in [-0.05, 0) is 50.8 Å². The van der Waals surface area contributed by atoms with Crippen molar-refractivity contribution >= 4 is 5.91 Å². The normalized spacial score (nSPS) is 28.3. The van der Waals surface area contributed by atoms with Crippen LogP contribution in [0.15, 0.2) is 24.3 Å². The second-order valence-electron chi connectivity index (χ2n) is 6.88. The minimum atomic E-state index is -0.363. The summed E-state index contributed by atoms with van der Waals surface area (Å²) in [5, 5.41) is 0. The molecule has 4 nitrogen and oxygen atoms in total. The van der Waals surface area contributed by atoms with Crippen molar-refractivity contribution in [2.45, 2.75) is 57.4 Å². The molecule has 0 unspecified atom stereocenters. The molecule has 2 atom stereocenters. The Bertz CT molecular complexity index is 541. The average molecular weight is 288 g/mol. The third kappa shape index (κ3) is 3.11. The van der Waals surface area contributed by atoms with E-state index in [2.05, 4.69) is 24.8 Å². The summed E-state index contributed by atoms with van der Waals surface area (Å²) in [6, 6.07) is 8.17. The summed E-state index contributed by atoms with van der Waals surface area (Å²) in [4.78, 5) is 13.8. The van der Waals surface area contributed by atoms with Crippen LogP contribution < -0.4 is 5.73 Å². The molecule has 1 aromatic rings. The maximum Gasteiger partial charge on any atom is 0.248 e. The summed E-state index contributed by atoms with van der Waals surface area (Å²) in [7, 11) is 0. The SMILES string of the molecule is CC1(C)CN(Cc2cccc(C(N)=O)c2)[C@@H]2CCC[C@H]2O1. The first-order chi connectivity index (χ1) is 9.94. The Balaban J connectivity index is 1.79. The summed E-state index contributed by atoms with van der Waals surface area (Å²) in [6.07, 6.45) is 3.96. The molecule has 2 fully saturated rings. The van der Waals surface area contributed by atoms with Crippen LogP contribution in [0.1, 0.15) is 49.0 Å². The standard InChI is InChI=1S/C17H24N2O2/c1-17(2)11-19(14-7-4-8-15(14)21-17)10-12-5-3-6-13(9-12)16(18)20/h3,5-6,9,14-15H,4,7-8,10-11H2,1-2H3,(H2,18,20)/t14-,15-/m1/s1. The van der Waals surface area contributed by atoms with E-state index in [9.17, 15) is 4.79 Å². The zero-order valence-corrected chi connectivity index (χ0v) is 12.8. The van der Waals surface area contributed by atoms with Gasteiger partial charge in [-0.2, -0.15) is 0 Å². The highest BCUT2D eigenvalue weighted by Crippen LogP contribution is 2.36. The summed E-state index contributed by atoms with van der Waals surface area (Å²) in [6.45, 7) is 6.10. The summed E-state index contributed by atoms with van der Waals surface area (Å²) < 4.78 is 6.21. The number of carbonyl (C=O) groups excluding carboxylic acids is 1. The molecule has 1 aromatic carbocycles. The van der Waals surface area contributed by atoms with Crippen LogP contribution in [0, 0.1) is 0 Å². The van der Waals surface area contributed by atoms with Crippen LogP contribution in [0.3, 0.4) is 0 Å². The molecule has 2 N–H and O–H groups in total. The van der Waals surface area contributed by atoms with Crippen LogP contribution >= 0.6 is 0 Å². The van der Waals surface area contributed by atoms with Gasteiger partial charge >= 0.3 is 0 Å². The fourth-order valence-electron chi connectivity index (χ4n) is 3.75. The maximum absolute atomic E-state index is 11.3. The zero-order valence-electron chi connectivity index (χ0n) is 12.8. The molecule has 0 radical (unpaired) electrons. The molecular weight excluding hydrogens is 264 g/mol. The molecule has 0 bridgehead atoms. The fraction of sp³-hybridized carbons (Fsp3) is 0.588. The van der Waals surface area contributed by atoms with Gasteiger partial charge in [0, 0.05) is 24.7 Å². The molecule has 1 aliphatic carbocycles. The molecule has 21 heavy (non-hydrogen) atoms. The van der Waals surface area contributed by atoms with Gasteiger partial charge in [0.15, 0.2) is 0 Å². The number of ether oxygens (including phenoxy) is 1. The van der Waals surface area contributed by atoms with Crippen LogP contribution in [-0.2, 0) is 11.3 Å². The summed E-state index contributed by atoms with van der Waals surface area (Å²) in [5.41, 5.74) is 7.00. The van der Waals surface area contributed by atoms with Gasteiger partial charge in [-0.1, -0.05) is 12.1 Å².